The number of aliphatic hydroxyl groups excluding tert-OH is 1. The number of methoxy groups -OCH3 is 1. The molecule has 3 heterocycles. The lowest BCUT2D eigenvalue weighted by Gasteiger charge is -2.41. The highest BCUT2D eigenvalue weighted by molar-refractivity contribution is 5.90. The molecule has 1 aromatic carbocycles. The SMILES string of the molecule is COC(=O)C1=C(O)C[C@H](c2ccccn2)N(Cc2ccccc2)[C@@H]1c1ccccn1. The molecule has 6 heteroatoms. The third-order valence-corrected chi connectivity index (χ3v) is 5.31. The first-order chi connectivity index (χ1) is 14.7. The van der Waals surface area contributed by atoms with Gasteiger partial charge >= 0.3 is 5.97 Å². The Bertz CT molecular complexity index is 1020. The first-order valence-electron chi connectivity index (χ1n) is 9.81. The summed E-state index contributed by atoms with van der Waals surface area (Å²) in [5.74, 6) is -0.543. The number of benzene rings is 1. The lowest BCUT2D eigenvalue weighted by Crippen LogP contribution is -2.40. The van der Waals surface area contributed by atoms with Gasteiger partial charge in [-0.05, 0) is 29.8 Å². The first kappa shape index (κ1) is 19.8. The largest absolute Gasteiger partial charge is 0.512 e. The molecule has 0 radical (unpaired) electrons. The molecule has 0 amide bonds. The Morgan fingerprint density at radius 3 is 2.23 bits per heavy atom. The van der Waals surface area contributed by atoms with Crippen molar-refractivity contribution < 1.29 is 14.6 Å². The van der Waals surface area contributed by atoms with Gasteiger partial charge in [0.1, 0.15) is 5.76 Å². The fraction of sp³-hybridized carbons (Fsp3) is 0.208. The predicted molar refractivity (Wildman–Crippen MR) is 112 cm³/mol. The van der Waals surface area contributed by atoms with Crippen molar-refractivity contribution in [2.75, 3.05) is 7.11 Å². The summed E-state index contributed by atoms with van der Waals surface area (Å²) in [7, 11) is 1.32. The zero-order valence-electron chi connectivity index (χ0n) is 16.7. The van der Waals surface area contributed by atoms with Gasteiger partial charge in [0.2, 0.25) is 0 Å². The predicted octanol–water partition coefficient (Wildman–Crippen LogP) is 4.15. The van der Waals surface area contributed by atoms with Crippen molar-refractivity contribution in [3.63, 3.8) is 0 Å². The van der Waals surface area contributed by atoms with Crippen LogP contribution in [-0.4, -0.2) is 33.1 Å². The van der Waals surface area contributed by atoms with Gasteiger partial charge in [-0.3, -0.25) is 14.9 Å². The van der Waals surface area contributed by atoms with E-state index >= 15 is 0 Å². The van der Waals surface area contributed by atoms with E-state index in [-0.39, 0.29) is 23.8 Å². The Balaban J connectivity index is 1.88. The molecule has 0 saturated carbocycles. The van der Waals surface area contributed by atoms with Gasteiger partial charge in [-0.15, -0.1) is 0 Å². The summed E-state index contributed by atoms with van der Waals surface area (Å²) in [6.07, 6.45) is 3.69. The quantitative estimate of drug-likeness (QED) is 0.648. The topological polar surface area (TPSA) is 75.6 Å². The lowest BCUT2D eigenvalue weighted by molar-refractivity contribution is -0.137. The minimum Gasteiger partial charge on any atom is -0.512 e. The number of aromatic nitrogens is 2. The maximum absolute atomic E-state index is 12.7. The second-order valence-electron chi connectivity index (χ2n) is 7.14. The van der Waals surface area contributed by atoms with Crippen molar-refractivity contribution in [3.8, 4) is 0 Å². The third kappa shape index (κ3) is 3.95. The van der Waals surface area contributed by atoms with Crippen LogP contribution in [0.15, 0.2) is 90.5 Å². The number of esters is 1. The van der Waals surface area contributed by atoms with E-state index in [4.69, 9.17) is 4.74 Å². The monoisotopic (exact) mass is 401 g/mol. The number of rotatable bonds is 5. The van der Waals surface area contributed by atoms with Crippen molar-refractivity contribution >= 4 is 5.97 Å². The fourth-order valence-electron chi connectivity index (χ4n) is 3.95. The van der Waals surface area contributed by atoms with Crippen molar-refractivity contribution in [1.82, 2.24) is 14.9 Å². The Morgan fingerprint density at radius 2 is 1.63 bits per heavy atom. The van der Waals surface area contributed by atoms with Crippen LogP contribution in [0.2, 0.25) is 0 Å². The number of pyridine rings is 2. The molecule has 0 spiro atoms. The highest BCUT2D eigenvalue weighted by Crippen LogP contribution is 2.44. The van der Waals surface area contributed by atoms with Gasteiger partial charge in [-0.25, -0.2) is 4.79 Å². The third-order valence-electron chi connectivity index (χ3n) is 5.31. The highest BCUT2D eigenvalue weighted by Gasteiger charge is 2.42. The van der Waals surface area contributed by atoms with Crippen LogP contribution in [0.4, 0.5) is 0 Å². The molecule has 1 N–H and O–H groups in total. The first-order valence-corrected chi connectivity index (χ1v) is 9.81. The zero-order chi connectivity index (χ0) is 20.9. The van der Waals surface area contributed by atoms with Crippen molar-refractivity contribution in [2.45, 2.75) is 25.0 Å². The molecular formula is C24H23N3O3. The summed E-state index contributed by atoms with van der Waals surface area (Å²) >= 11 is 0. The molecule has 1 aliphatic rings. The number of hydrogen-bond acceptors (Lipinski definition) is 6. The van der Waals surface area contributed by atoms with E-state index in [0.29, 0.717) is 12.2 Å². The second-order valence-corrected chi connectivity index (χ2v) is 7.14. The molecule has 6 nitrogen and oxygen atoms in total. The van der Waals surface area contributed by atoms with Crippen LogP contribution in [0.25, 0.3) is 0 Å². The molecule has 2 atom stereocenters. The molecule has 2 aromatic heterocycles. The second kappa shape index (κ2) is 8.88. The smallest absolute Gasteiger partial charge is 0.339 e. The van der Waals surface area contributed by atoms with Crippen LogP contribution < -0.4 is 0 Å². The molecule has 0 bridgehead atoms. The molecule has 0 unspecified atom stereocenters. The van der Waals surface area contributed by atoms with Crippen molar-refractivity contribution in [2.24, 2.45) is 0 Å². The van der Waals surface area contributed by atoms with Gasteiger partial charge < -0.3 is 9.84 Å². The summed E-state index contributed by atoms with van der Waals surface area (Å²) < 4.78 is 5.02. The normalized spacial score (nSPS) is 19.5. The fourth-order valence-corrected chi connectivity index (χ4v) is 3.95. The molecule has 1 aliphatic heterocycles. The Hall–Kier alpha value is -3.51. The summed E-state index contributed by atoms with van der Waals surface area (Å²) in [5.41, 5.74) is 2.80. The average molecular weight is 401 g/mol. The number of ether oxygens (including phenoxy) is 1. The van der Waals surface area contributed by atoms with E-state index in [1.807, 2.05) is 66.7 Å². The summed E-state index contributed by atoms with van der Waals surface area (Å²) in [6, 6.07) is 20.5. The van der Waals surface area contributed by atoms with Crippen LogP contribution in [0.5, 0.6) is 0 Å². The Kier molecular flexibility index (Phi) is 5.86. The summed E-state index contributed by atoms with van der Waals surface area (Å²) in [4.78, 5) is 23.9. The van der Waals surface area contributed by atoms with E-state index < -0.39 is 12.0 Å². The number of hydrogen-bond donors (Lipinski definition) is 1. The van der Waals surface area contributed by atoms with Gasteiger partial charge in [0, 0.05) is 25.4 Å². The number of carbonyl (C=O) groups excluding carboxylic acids is 1. The summed E-state index contributed by atoms with van der Waals surface area (Å²) in [5, 5.41) is 10.9. The molecule has 4 rings (SSSR count). The maximum Gasteiger partial charge on any atom is 0.339 e. The Morgan fingerprint density at radius 1 is 1.00 bits per heavy atom. The molecule has 152 valence electrons. The summed E-state index contributed by atoms with van der Waals surface area (Å²) in [6.45, 7) is 0.553. The standard InChI is InChI=1S/C24H23N3O3/c1-30-24(29)22-21(28)15-20(18-11-5-7-13-25-18)27(16-17-9-3-2-4-10-17)23(22)19-12-6-8-14-26-19/h2-14,20,23,28H,15-16H2,1H3/t20-,23-/m1/s1. The van der Waals surface area contributed by atoms with Crippen LogP contribution in [0, 0.1) is 0 Å². The molecular weight excluding hydrogens is 378 g/mol. The average Bonchev–Trinajstić information content (AvgIpc) is 2.81. The molecule has 30 heavy (non-hydrogen) atoms. The highest BCUT2D eigenvalue weighted by atomic mass is 16.5. The van der Waals surface area contributed by atoms with Crippen LogP contribution in [0.1, 0.15) is 35.5 Å². The number of nitrogens with zero attached hydrogens (tertiary/aromatic N) is 3. The minimum atomic E-state index is -0.570. The zero-order valence-corrected chi connectivity index (χ0v) is 16.7. The van der Waals surface area contributed by atoms with E-state index in [2.05, 4.69) is 14.9 Å². The van der Waals surface area contributed by atoms with Crippen LogP contribution in [0.3, 0.4) is 0 Å². The van der Waals surface area contributed by atoms with E-state index in [1.54, 1.807) is 12.4 Å². The van der Waals surface area contributed by atoms with Gasteiger partial charge in [0.15, 0.2) is 0 Å². The van der Waals surface area contributed by atoms with Gasteiger partial charge in [-0.1, -0.05) is 42.5 Å². The molecule has 0 fully saturated rings. The lowest BCUT2D eigenvalue weighted by atomic mass is 9.88. The van der Waals surface area contributed by atoms with Crippen molar-refractivity contribution in [1.29, 1.82) is 0 Å². The van der Waals surface area contributed by atoms with E-state index in [9.17, 15) is 9.90 Å². The molecule has 0 saturated heterocycles. The number of carbonyl (C=O) groups is 1. The van der Waals surface area contributed by atoms with Gasteiger partial charge in [0.25, 0.3) is 0 Å². The Labute approximate surface area is 175 Å². The van der Waals surface area contributed by atoms with Crippen LogP contribution >= 0.6 is 0 Å². The van der Waals surface area contributed by atoms with Crippen LogP contribution in [-0.2, 0) is 16.1 Å². The van der Waals surface area contributed by atoms with Gasteiger partial charge in [-0.2, -0.15) is 0 Å². The number of aliphatic hydroxyl groups is 1. The molecule has 3 aromatic rings. The van der Waals surface area contributed by atoms with E-state index in [0.717, 1.165) is 11.3 Å². The minimum absolute atomic E-state index is 0.0115. The molecule has 0 aliphatic carbocycles. The van der Waals surface area contributed by atoms with Crippen molar-refractivity contribution in [3.05, 3.63) is 107 Å². The van der Waals surface area contributed by atoms with E-state index in [1.165, 1.54) is 7.11 Å². The van der Waals surface area contributed by atoms with Gasteiger partial charge in [0.05, 0.1) is 36.2 Å². The maximum atomic E-state index is 12.7.